The Morgan fingerprint density at radius 3 is 2.38 bits per heavy atom. The summed E-state index contributed by atoms with van der Waals surface area (Å²) in [7, 11) is 1.75. The summed E-state index contributed by atoms with van der Waals surface area (Å²) < 4.78 is 44.6. The molecule has 3 aromatic rings. The molecule has 2 aromatic carbocycles. The lowest BCUT2D eigenvalue weighted by Gasteiger charge is -2.14. The van der Waals surface area contributed by atoms with Crippen LogP contribution < -0.4 is 0 Å². The van der Waals surface area contributed by atoms with Gasteiger partial charge in [-0.15, -0.1) is 0 Å². The maximum atomic E-state index is 13.7. The monoisotopic (exact) mass is 333 g/mol. The van der Waals surface area contributed by atoms with Gasteiger partial charge in [0.05, 0.1) is 6.54 Å². The zero-order chi connectivity index (χ0) is 17.1. The van der Waals surface area contributed by atoms with Crippen LogP contribution in [0.1, 0.15) is 11.5 Å². The van der Waals surface area contributed by atoms with E-state index in [0.29, 0.717) is 29.4 Å². The number of benzene rings is 2. The molecule has 3 rings (SSSR count). The second kappa shape index (κ2) is 6.84. The van der Waals surface area contributed by atoms with Crippen molar-refractivity contribution in [1.29, 1.82) is 0 Å². The van der Waals surface area contributed by atoms with E-state index < -0.39 is 11.6 Å². The van der Waals surface area contributed by atoms with E-state index in [9.17, 15) is 13.2 Å². The van der Waals surface area contributed by atoms with Gasteiger partial charge in [-0.1, -0.05) is 11.2 Å². The van der Waals surface area contributed by atoms with Crippen molar-refractivity contribution < 1.29 is 17.7 Å². The Labute approximate surface area is 136 Å². The first kappa shape index (κ1) is 16.2. The maximum Gasteiger partial charge on any atom is 0.241 e. The lowest BCUT2D eigenvalue weighted by molar-refractivity contribution is 0.258. The molecule has 24 heavy (non-hydrogen) atoms. The van der Waals surface area contributed by atoms with Crippen LogP contribution in [0.15, 0.2) is 47.0 Å². The van der Waals surface area contributed by atoms with Crippen LogP contribution in [0.3, 0.4) is 0 Å². The fourth-order valence-corrected chi connectivity index (χ4v) is 2.26. The Morgan fingerprint density at radius 1 is 0.958 bits per heavy atom. The first-order chi connectivity index (χ1) is 11.5. The van der Waals surface area contributed by atoms with Gasteiger partial charge in [-0.2, -0.15) is 4.98 Å². The average Bonchev–Trinajstić information content (AvgIpc) is 2.99. The highest BCUT2D eigenvalue weighted by Gasteiger charge is 2.13. The first-order valence-electron chi connectivity index (χ1n) is 7.22. The summed E-state index contributed by atoms with van der Waals surface area (Å²) in [4.78, 5) is 5.99. The molecule has 7 heteroatoms. The molecule has 0 N–H and O–H groups in total. The molecule has 0 atom stereocenters. The lowest BCUT2D eigenvalue weighted by Crippen LogP contribution is -2.18. The zero-order valence-electron chi connectivity index (χ0n) is 12.8. The van der Waals surface area contributed by atoms with E-state index in [4.69, 9.17) is 4.52 Å². The van der Waals surface area contributed by atoms with Gasteiger partial charge in [0.15, 0.2) is 0 Å². The van der Waals surface area contributed by atoms with Gasteiger partial charge in [0.2, 0.25) is 11.7 Å². The molecular weight excluding hydrogens is 319 g/mol. The second-order valence-electron chi connectivity index (χ2n) is 5.43. The van der Waals surface area contributed by atoms with Crippen molar-refractivity contribution in [3.63, 3.8) is 0 Å². The zero-order valence-corrected chi connectivity index (χ0v) is 12.8. The van der Waals surface area contributed by atoms with Crippen molar-refractivity contribution in [2.24, 2.45) is 0 Å². The minimum atomic E-state index is -0.611. The van der Waals surface area contributed by atoms with Crippen LogP contribution in [-0.2, 0) is 13.1 Å². The summed E-state index contributed by atoms with van der Waals surface area (Å²) in [5.41, 5.74) is 1.01. The van der Waals surface area contributed by atoms with Gasteiger partial charge in [0.1, 0.15) is 17.5 Å². The highest BCUT2D eigenvalue weighted by molar-refractivity contribution is 5.53. The van der Waals surface area contributed by atoms with E-state index in [0.717, 1.165) is 6.07 Å². The molecule has 0 bridgehead atoms. The number of rotatable bonds is 5. The number of hydrogen-bond acceptors (Lipinski definition) is 4. The largest absolute Gasteiger partial charge is 0.338 e. The highest BCUT2D eigenvalue weighted by Crippen LogP contribution is 2.17. The van der Waals surface area contributed by atoms with Crippen molar-refractivity contribution >= 4 is 0 Å². The smallest absolute Gasteiger partial charge is 0.241 e. The minimum Gasteiger partial charge on any atom is -0.338 e. The normalized spacial score (nSPS) is 11.2. The fraction of sp³-hybridized carbons (Fsp3) is 0.176. The predicted octanol–water partition coefficient (Wildman–Crippen LogP) is 3.79. The van der Waals surface area contributed by atoms with Crippen molar-refractivity contribution in [3.05, 3.63) is 71.4 Å². The van der Waals surface area contributed by atoms with Gasteiger partial charge >= 0.3 is 0 Å². The molecule has 0 amide bonds. The van der Waals surface area contributed by atoms with Crippen LogP contribution in [0.25, 0.3) is 11.4 Å². The van der Waals surface area contributed by atoms with Crippen LogP contribution >= 0.6 is 0 Å². The molecule has 0 radical (unpaired) electrons. The van der Waals surface area contributed by atoms with Crippen LogP contribution in [0.2, 0.25) is 0 Å². The summed E-state index contributed by atoms with van der Waals surface area (Å²) >= 11 is 0. The molecule has 0 fully saturated rings. The third-order valence-corrected chi connectivity index (χ3v) is 3.43. The molecule has 1 heterocycles. The highest BCUT2D eigenvalue weighted by atomic mass is 19.1. The van der Waals surface area contributed by atoms with Crippen LogP contribution in [0.5, 0.6) is 0 Å². The maximum absolute atomic E-state index is 13.7. The average molecular weight is 333 g/mol. The number of halogens is 3. The Morgan fingerprint density at radius 2 is 1.67 bits per heavy atom. The van der Waals surface area contributed by atoms with Crippen LogP contribution in [0, 0.1) is 17.5 Å². The Kier molecular flexibility index (Phi) is 4.61. The summed E-state index contributed by atoms with van der Waals surface area (Å²) in [5, 5.41) is 3.85. The van der Waals surface area contributed by atoms with Gasteiger partial charge in [0, 0.05) is 23.7 Å². The SMILES string of the molecule is CN(Cc1nc(-c2ccc(F)cc2)no1)Cc1ccc(F)cc1F. The third kappa shape index (κ3) is 3.80. The van der Waals surface area contributed by atoms with Gasteiger partial charge in [-0.05, 0) is 37.4 Å². The molecule has 0 aliphatic carbocycles. The van der Waals surface area contributed by atoms with E-state index >= 15 is 0 Å². The van der Waals surface area contributed by atoms with Crippen molar-refractivity contribution in [2.75, 3.05) is 7.05 Å². The van der Waals surface area contributed by atoms with Gasteiger partial charge in [-0.3, -0.25) is 4.90 Å². The van der Waals surface area contributed by atoms with Crippen molar-refractivity contribution in [1.82, 2.24) is 15.0 Å². The van der Waals surface area contributed by atoms with E-state index in [-0.39, 0.29) is 12.4 Å². The summed E-state index contributed by atoms with van der Waals surface area (Å²) in [6.45, 7) is 0.561. The molecular formula is C17H14F3N3O. The van der Waals surface area contributed by atoms with E-state index in [1.54, 1.807) is 24.1 Å². The Bertz CT molecular complexity index is 833. The summed E-state index contributed by atoms with van der Waals surface area (Å²) in [5.74, 6) is -0.853. The summed E-state index contributed by atoms with van der Waals surface area (Å²) in [6.07, 6.45) is 0. The van der Waals surface area contributed by atoms with Crippen molar-refractivity contribution in [2.45, 2.75) is 13.1 Å². The van der Waals surface area contributed by atoms with E-state index in [2.05, 4.69) is 10.1 Å². The first-order valence-corrected chi connectivity index (χ1v) is 7.22. The lowest BCUT2D eigenvalue weighted by atomic mass is 10.2. The standard InChI is InChI=1S/C17H14F3N3O/c1-23(9-12-4-7-14(19)8-15(12)20)10-16-21-17(22-24-16)11-2-5-13(18)6-3-11/h2-8H,9-10H2,1H3. The van der Waals surface area contributed by atoms with Crippen LogP contribution in [0.4, 0.5) is 13.2 Å². The number of aromatic nitrogens is 2. The van der Waals surface area contributed by atoms with Gasteiger partial charge in [-0.25, -0.2) is 13.2 Å². The van der Waals surface area contributed by atoms with E-state index in [1.807, 2.05) is 0 Å². The predicted molar refractivity (Wildman–Crippen MR) is 81.2 cm³/mol. The van der Waals surface area contributed by atoms with E-state index in [1.165, 1.54) is 24.3 Å². The molecule has 0 aliphatic rings. The Balaban J connectivity index is 1.66. The van der Waals surface area contributed by atoms with Crippen molar-refractivity contribution in [3.8, 4) is 11.4 Å². The molecule has 0 unspecified atom stereocenters. The molecule has 0 spiro atoms. The van der Waals surface area contributed by atoms with Crippen LogP contribution in [-0.4, -0.2) is 22.1 Å². The molecule has 124 valence electrons. The van der Waals surface area contributed by atoms with Gasteiger partial charge < -0.3 is 4.52 Å². The molecule has 1 aromatic heterocycles. The quantitative estimate of drug-likeness (QED) is 0.712. The number of nitrogens with zero attached hydrogens (tertiary/aromatic N) is 3. The molecule has 0 aliphatic heterocycles. The Hall–Kier alpha value is -2.67. The summed E-state index contributed by atoms with van der Waals surface area (Å²) in [6, 6.07) is 9.21. The topological polar surface area (TPSA) is 42.2 Å². The number of hydrogen-bond donors (Lipinski definition) is 0. The molecule has 4 nitrogen and oxygen atoms in total. The fourth-order valence-electron chi connectivity index (χ4n) is 2.26. The van der Waals surface area contributed by atoms with Gasteiger partial charge in [0.25, 0.3) is 0 Å². The third-order valence-electron chi connectivity index (χ3n) is 3.43. The second-order valence-corrected chi connectivity index (χ2v) is 5.43. The molecule has 0 saturated carbocycles. The minimum absolute atomic E-state index is 0.264. The molecule has 0 saturated heterocycles.